The van der Waals surface area contributed by atoms with E-state index in [1.54, 1.807) is 0 Å². The molecular weight excluding hydrogens is 136 g/mol. The van der Waals surface area contributed by atoms with Crippen LogP contribution in [-0.2, 0) is 0 Å². The lowest BCUT2D eigenvalue weighted by Gasteiger charge is -2.36. The molecule has 0 aromatic carbocycles. The normalized spacial score (nSPS) is 45.8. The van der Waals surface area contributed by atoms with E-state index in [2.05, 4.69) is 20.8 Å². The van der Waals surface area contributed by atoms with Crippen molar-refractivity contribution in [2.45, 2.75) is 46.1 Å². The smallest absolute Gasteiger partial charge is 0.0593 e. The van der Waals surface area contributed by atoms with Crippen molar-refractivity contribution in [3.8, 4) is 0 Å². The van der Waals surface area contributed by atoms with E-state index < -0.39 is 0 Å². The average molecular weight is 156 g/mol. The van der Waals surface area contributed by atoms with Crippen LogP contribution in [0.15, 0.2) is 0 Å². The molecule has 0 aromatic heterocycles. The molecule has 0 radical (unpaired) electrons. The Bertz CT molecular complexity index is 120. The molecule has 0 aliphatic heterocycles. The molecule has 1 heteroatoms. The van der Waals surface area contributed by atoms with Crippen molar-refractivity contribution in [2.24, 2.45) is 17.8 Å². The fourth-order valence-corrected chi connectivity index (χ4v) is 2.28. The highest BCUT2D eigenvalue weighted by atomic mass is 16.3. The third-order valence-corrected chi connectivity index (χ3v) is 3.38. The Morgan fingerprint density at radius 1 is 1.27 bits per heavy atom. The van der Waals surface area contributed by atoms with Gasteiger partial charge in [-0.25, -0.2) is 0 Å². The molecule has 0 spiro atoms. The largest absolute Gasteiger partial charge is 0.393 e. The predicted molar refractivity (Wildman–Crippen MR) is 47.3 cm³/mol. The van der Waals surface area contributed by atoms with Gasteiger partial charge in [-0.1, -0.05) is 27.2 Å². The molecule has 66 valence electrons. The summed E-state index contributed by atoms with van der Waals surface area (Å²) < 4.78 is 0. The second-order valence-corrected chi connectivity index (χ2v) is 4.07. The molecule has 1 aliphatic carbocycles. The minimum absolute atomic E-state index is 0.0475. The SMILES string of the molecule is CCC1CCC(C)C(O)C1C. The molecule has 1 N–H and O–H groups in total. The van der Waals surface area contributed by atoms with Gasteiger partial charge in [0.1, 0.15) is 0 Å². The Hall–Kier alpha value is -0.0400. The van der Waals surface area contributed by atoms with Crippen LogP contribution in [0.2, 0.25) is 0 Å². The first-order valence-electron chi connectivity index (χ1n) is 4.84. The van der Waals surface area contributed by atoms with Crippen LogP contribution in [0.1, 0.15) is 40.0 Å². The molecule has 1 nitrogen and oxygen atoms in total. The summed E-state index contributed by atoms with van der Waals surface area (Å²) in [5.74, 6) is 1.80. The molecule has 0 bridgehead atoms. The number of hydrogen-bond acceptors (Lipinski definition) is 1. The second-order valence-electron chi connectivity index (χ2n) is 4.07. The zero-order valence-corrected chi connectivity index (χ0v) is 7.88. The molecular formula is C10H20O. The van der Waals surface area contributed by atoms with Gasteiger partial charge in [-0.05, 0) is 30.6 Å². The van der Waals surface area contributed by atoms with E-state index in [9.17, 15) is 5.11 Å². The van der Waals surface area contributed by atoms with E-state index in [1.165, 1.54) is 19.3 Å². The Morgan fingerprint density at radius 2 is 1.91 bits per heavy atom. The third-order valence-electron chi connectivity index (χ3n) is 3.38. The molecule has 1 fully saturated rings. The molecule has 4 unspecified atom stereocenters. The van der Waals surface area contributed by atoms with Crippen LogP contribution in [0, 0.1) is 17.8 Å². The van der Waals surface area contributed by atoms with Crippen LogP contribution >= 0.6 is 0 Å². The summed E-state index contributed by atoms with van der Waals surface area (Å²) in [6.07, 6.45) is 3.71. The summed E-state index contributed by atoms with van der Waals surface area (Å²) >= 11 is 0. The van der Waals surface area contributed by atoms with Crippen molar-refractivity contribution < 1.29 is 5.11 Å². The fourth-order valence-electron chi connectivity index (χ4n) is 2.28. The van der Waals surface area contributed by atoms with Crippen molar-refractivity contribution >= 4 is 0 Å². The maximum absolute atomic E-state index is 9.75. The predicted octanol–water partition coefficient (Wildman–Crippen LogP) is 2.44. The van der Waals surface area contributed by atoms with Crippen molar-refractivity contribution in [3.63, 3.8) is 0 Å². The van der Waals surface area contributed by atoms with Gasteiger partial charge in [0.25, 0.3) is 0 Å². The quantitative estimate of drug-likeness (QED) is 0.618. The number of hydrogen-bond donors (Lipinski definition) is 1. The summed E-state index contributed by atoms with van der Waals surface area (Å²) in [7, 11) is 0. The van der Waals surface area contributed by atoms with Crippen LogP contribution < -0.4 is 0 Å². The summed E-state index contributed by atoms with van der Waals surface area (Å²) in [4.78, 5) is 0. The second kappa shape index (κ2) is 3.57. The Labute approximate surface area is 69.8 Å². The third kappa shape index (κ3) is 1.76. The van der Waals surface area contributed by atoms with E-state index >= 15 is 0 Å². The van der Waals surface area contributed by atoms with Crippen molar-refractivity contribution in [1.82, 2.24) is 0 Å². The van der Waals surface area contributed by atoms with E-state index in [0.717, 1.165) is 5.92 Å². The minimum Gasteiger partial charge on any atom is -0.393 e. The van der Waals surface area contributed by atoms with E-state index in [-0.39, 0.29) is 6.10 Å². The number of aliphatic hydroxyl groups excluding tert-OH is 1. The highest BCUT2D eigenvalue weighted by molar-refractivity contribution is 4.82. The van der Waals surface area contributed by atoms with Gasteiger partial charge in [-0.2, -0.15) is 0 Å². The lowest BCUT2D eigenvalue weighted by atomic mass is 9.72. The van der Waals surface area contributed by atoms with Crippen molar-refractivity contribution in [1.29, 1.82) is 0 Å². The summed E-state index contributed by atoms with van der Waals surface area (Å²) in [5.41, 5.74) is 0. The van der Waals surface area contributed by atoms with Gasteiger partial charge in [0.2, 0.25) is 0 Å². The molecule has 1 saturated carbocycles. The molecule has 0 saturated heterocycles. The van der Waals surface area contributed by atoms with Crippen molar-refractivity contribution in [2.75, 3.05) is 0 Å². The minimum atomic E-state index is -0.0475. The summed E-state index contributed by atoms with van der Waals surface area (Å²) in [5, 5.41) is 9.75. The average Bonchev–Trinajstić information content (AvgIpc) is 2.01. The first-order valence-corrected chi connectivity index (χ1v) is 4.84. The fraction of sp³-hybridized carbons (Fsp3) is 1.00. The zero-order chi connectivity index (χ0) is 8.43. The maximum atomic E-state index is 9.75. The van der Waals surface area contributed by atoms with Crippen LogP contribution in [0.25, 0.3) is 0 Å². The summed E-state index contributed by atoms with van der Waals surface area (Å²) in [6, 6.07) is 0. The molecule has 0 heterocycles. The molecule has 11 heavy (non-hydrogen) atoms. The Morgan fingerprint density at radius 3 is 2.45 bits per heavy atom. The summed E-state index contributed by atoms with van der Waals surface area (Å²) in [6.45, 7) is 6.57. The molecule has 0 amide bonds. The van der Waals surface area contributed by atoms with Crippen LogP contribution in [0.5, 0.6) is 0 Å². The standard InChI is InChI=1S/C10H20O/c1-4-9-6-5-7(2)10(11)8(9)3/h7-11H,4-6H2,1-3H3. The van der Waals surface area contributed by atoms with Crippen molar-refractivity contribution in [3.05, 3.63) is 0 Å². The highest BCUT2D eigenvalue weighted by Gasteiger charge is 2.31. The van der Waals surface area contributed by atoms with Crippen LogP contribution in [0.4, 0.5) is 0 Å². The first-order chi connectivity index (χ1) is 5.16. The molecule has 4 atom stereocenters. The topological polar surface area (TPSA) is 20.2 Å². The first kappa shape index (κ1) is 9.05. The molecule has 1 rings (SSSR count). The van der Waals surface area contributed by atoms with Gasteiger partial charge in [0.05, 0.1) is 6.10 Å². The Balaban J connectivity index is 2.52. The van der Waals surface area contributed by atoms with E-state index in [0.29, 0.717) is 11.8 Å². The maximum Gasteiger partial charge on any atom is 0.0593 e. The molecule has 1 aliphatic rings. The van der Waals surface area contributed by atoms with Gasteiger partial charge in [0, 0.05) is 0 Å². The molecule has 0 aromatic rings. The lowest BCUT2D eigenvalue weighted by Crippen LogP contribution is -2.35. The number of rotatable bonds is 1. The van der Waals surface area contributed by atoms with E-state index in [4.69, 9.17) is 0 Å². The monoisotopic (exact) mass is 156 g/mol. The van der Waals surface area contributed by atoms with Gasteiger partial charge in [-0.15, -0.1) is 0 Å². The van der Waals surface area contributed by atoms with Gasteiger partial charge >= 0.3 is 0 Å². The van der Waals surface area contributed by atoms with Crippen LogP contribution in [0.3, 0.4) is 0 Å². The van der Waals surface area contributed by atoms with Gasteiger partial charge in [-0.3, -0.25) is 0 Å². The van der Waals surface area contributed by atoms with Gasteiger partial charge in [0.15, 0.2) is 0 Å². The zero-order valence-electron chi connectivity index (χ0n) is 7.88. The van der Waals surface area contributed by atoms with Gasteiger partial charge < -0.3 is 5.11 Å². The van der Waals surface area contributed by atoms with Crippen LogP contribution in [-0.4, -0.2) is 11.2 Å². The lowest BCUT2D eigenvalue weighted by molar-refractivity contribution is -0.000132. The highest BCUT2D eigenvalue weighted by Crippen LogP contribution is 2.35. The number of aliphatic hydroxyl groups is 1. The van der Waals surface area contributed by atoms with E-state index in [1.807, 2.05) is 0 Å². The Kier molecular flexibility index (Phi) is 2.94.